The van der Waals surface area contributed by atoms with Crippen LogP contribution in [0.3, 0.4) is 0 Å². The van der Waals surface area contributed by atoms with E-state index in [-0.39, 0.29) is 30.1 Å². The number of halogens is 1. The van der Waals surface area contributed by atoms with E-state index in [9.17, 15) is 14.7 Å². The Hall–Kier alpha value is -3.67. The number of H-pyrrole nitrogens is 1. The third-order valence-electron chi connectivity index (χ3n) is 7.52. The Kier molecular flexibility index (Phi) is 10.2. The van der Waals surface area contributed by atoms with Crippen LogP contribution in [0.25, 0.3) is 21.7 Å². The number of aromatic hydroxyl groups is 1. The zero-order valence-electron chi connectivity index (χ0n) is 24.0. The van der Waals surface area contributed by atoms with Crippen LogP contribution in [0.1, 0.15) is 37.9 Å². The van der Waals surface area contributed by atoms with E-state index in [1.165, 1.54) is 0 Å². The number of hydrogen-bond donors (Lipinski definition) is 4. The van der Waals surface area contributed by atoms with Gasteiger partial charge in [-0.15, -0.1) is 11.6 Å². The third kappa shape index (κ3) is 6.79. The molecule has 1 aliphatic heterocycles. The number of aryl methyl sites for hydroxylation is 1. The fourth-order valence-electron chi connectivity index (χ4n) is 5.50. The van der Waals surface area contributed by atoms with Gasteiger partial charge in [-0.25, -0.2) is 0 Å². The van der Waals surface area contributed by atoms with Crippen molar-refractivity contribution in [3.05, 3.63) is 70.9 Å². The molecule has 0 saturated carbocycles. The summed E-state index contributed by atoms with van der Waals surface area (Å²) in [5, 5.41) is 24.7. The van der Waals surface area contributed by atoms with Crippen LogP contribution in [0.2, 0.25) is 0 Å². The van der Waals surface area contributed by atoms with Gasteiger partial charge in [0.15, 0.2) is 0 Å². The molecule has 3 aromatic carbocycles. The molecular formula is C32H36ClN3O7. The Balaban J connectivity index is 1.21. The Labute approximate surface area is 254 Å². The van der Waals surface area contributed by atoms with Gasteiger partial charge in [-0.1, -0.05) is 18.2 Å². The summed E-state index contributed by atoms with van der Waals surface area (Å²) >= 11 is 6.38. The first-order valence-electron chi connectivity index (χ1n) is 14.3. The second kappa shape index (κ2) is 14.2. The van der Waals surface area contributed by atoms with E-state index in [0.717, 1.165) is 32.8 Å². The number of amides is 2. The molecule has 2 heterocycles. The lowest BCUT2D eigenvalue weighted by Crippen LogP contribution is -2.30. The highest BCUT2D eigenvalue weighted by atomic mass is 35.5. The van der Waals surface area contributed by atoms with Gasteiger partial charge in [-0.05, 0) is 47.7 Å². The Morgan fingerprint density at radius 2 is 1.77 bits per heavy atom. The van der Waals surface area contributed by atoms with Crippen LogP contribution in [0.15, 0.2) is 48.5 Å². The van der Waals surface area contributed by atoms with Gasteiger partial charge in [0, 0.05) is 52.8 Å². The number of aromatic nitrogens is 1. The lowest BCUT2D eigenvalue weighted by Gasteiger charge is -2.19. The number of aliphatic hydroxyl groups is 1. The maximum Gasteiger partial charge on any atom is 0.267 e. The van der Waals surface area contributed by atoms with Crippen molar-refractivity contribution >= 4 is 50.8 Å². The second-order valence-corrected chi connectivity index (χ2v) is 10.7. The number of phenols is 1. The van der Waals surface area contributed by atoms with Crippen molar-refractivity contribution < 1.29 is 34.0 Å². The minimum Gasteiger partial charge on any atom is -0.507 e. The molecule has 5 rings (SSSR count). The number of alkyl halides is 1. The lowest BCUT2D eigenvalue weighted by atomic mass is 9.92. The average molecular weight is 610 g/mol. The smallest absolute Gasteiger partial charge is 0.267 e. The van der Waals surface area contributed by atoms with Crippen molar-refractivity contribution in [1.82, 2.24) is 10.3 Å². The topological polar surface area (TPSA) is 133 Å². The number of benzene rings is 3. The largest absolute Gasteiger partial charge is 0.507 e. The summed E-state index contributed by atoms with van der Waals surface area (Å²) in [5.74, 6) is -0.0677. The summed E-state index contributed by atoms with van der Waals surface area (Å²) in [7, 11) is 0. The monoisotopic (exact) mass is 609 g/mol. The first kappa shape index (κ1) is 30.8. The van der Waals surface area contributed by atoms with E-state index < -0.39 is 0 Å². The van der Waals surface area contributed by atoms with E-state index in [2.05, 4.69) is 10.3 Å². The summed E-state index contributed by atoms with van der Waals surface area (Å²) in [4.78, 5) is 31.3. The molecule has 228 valence electrons. The van der Waals surface area contributed by atoms with Crippen molar-refractivity contribution in [3.8, 4) is 5.75 Å². The Morgan fingerprint density at radius 1 is 1.02 bits per heavy atom. The normalized spacial score (nSPS) is 14.5. The van der Waals surface area contributed by atoms with Crippen LogP contribution in [0.4, 0.5) is 5.69 Å². The molecule has 0 saturated heterocycles. The summed E-state index contributed by atoms with van der Waals surface area (Å²) in [6.07, 6.45) is 0. The predicted octanol–water partition coefficient (Wildman–Crippen LogP) is 4.09. The van der Waals surface area contributed by atoms with Crippen LogP contribution >= 0.6 is 11.6 Å². The van der Waals surface area contributed by atoms with Gasteiger partial charge < -0.3 is 39.6 Å². The van der Waals surface area contributed by atoms with Gasteiger partial charge >= 0.3 is 0 Å². The molecule has 2 amide bonds. The number of hydrogen-bond acceptors (Lipinski definition) is 7. The molecule has 1 aliphatic rings. The van der Waals surface area contributed by atoms with E-state index in [1.807, 2.05) is 25.1 Å². The minimum atomic E-state index is -0.277. The number of rotatable bonds is 14. The highest BCUT2D eigenvalue weighted by molar-refractivity contribution is 6.19. The van der Waals surface area contributed by atoms with E-state index in [1.54, 1.807) is 35.2 Å². The number of carbonyl (C=O) groups is 2. The maximum atomic E-state index is 13.8. The highest BCUT2D eigenvalue weighted by Gasteiger charge is 2.35. The quantitative estimate of drug-likeness (QED) is 0.125. The summed E-state index contributed by atoms with van der Waals surface area (Å²) in [5.41, 5.74) is 4.26. The third-order valence-corrected chi connectivity index (χ3v) is 7.90. The van der Waals surface area contributed by atoms with E-state index in [0.29, 0.717) is 75.6 Å². The number of fused-ring (bicyclic) bond motifs is 4. The van der Waals surface area contributed by atoms with E-state index in [4.69, 9.17) is 30.9 Å². The molecule has 0 bridgehead atoms. The molecule has 1 atom stereocenters. The molecule has 11 heteroatoms. The molecule has 43 heavy (non-hydrogen) atoms. The van der Waals surface area contributed by atoms with Gasteiger partial charge in [-0.2, -0.15) is 0 Å². The summed E-state index contributed by atoms with van der Waals surface area (Å²) in [6, 6.07) is 14.4. The fraction of sp³-hybridized carbons (Fsp3) is 0.375. The Bertz CT molecular complexity index is 1610. The summed E-state index contributed by atoms with van der Waals surface area (Å²) in [6.45, 7) is 4.99. The van der Waals surface area contributed by atoms with Crippen molar-refractivity contribution in [3.63, 3.8) is 0 Å². The zero-order chi connectivity index (χ0) is 30.3. The molecule has 0 unspecified atom stereocenters. The Morgan fingerprint density at radius 3 is 2.51 bits per heavy atom. The molecule has 0 spiro atoms. The van der Waals surface area contributed by atoms with Gasteiger partial charge in [-0.3, -0.25) is 9.59 Å². The highest BCUT2D eigenvalue weighted by Crippen LogP contribution is 2.46. The number of nitrogens with zero attached hydrogens (tertiary/aromatic N) is 1. The number of phenolic OH excluding ortho intramolecular Hbond substituents is 1. The SMILES string of the molecule is Cc1cccc2c(O)cc3c(c12)[C@H](CCl)CN3C(=O)c1ccc2[nH]c(C(=O)NCCOCCOCCOCCO)cc2c1. The number of nitrogens with one attached hydrogen (secondary N) is 2. The second-order valence-electron chi connectivity index (χ2n) is 10.4. The molecule has 4 aromatic rings. The fourth-order valence-corrected chi connectivity index (χ4v) is 5.75. The minimum absolute atomic E-state index is 0.0114. The van der Waals surface area contributed by atoms with E-state index >= 15 is 0 Å². The number of aliphatic hydroxyl groups excluding tert-OH is 1. The maximum absolute atomic E-state index is 13.8. The predicted molar refractivity (Wildman–Crippen MR) is 166 cm³/mol. The molecule has 1 aromatic heterocycles. The standard InChI is InChI=1S/C32H36ClN3O7/c1-20-3-2-4-24-28(38)17-27-30(29(20)24)23(18-33)19-36(27)32(40)21-5-6-25-22(15-21)16-26(35-25)31(39)34-7-9-41-11-13-43-14-12-42-10-8-37/h2-6,15-17,23,35,37-38H,7-14,18-19H2,1H3,(H,34,39)/t23-/m1/s1. The van der Waals surface area contributed by atoms with Crippen molar-refractivity contribution in [2.45, 2.75) is 12.8 Å². The number of ether oxygens (including phenoxy) is 3. The zero-order valence-corrected chi connectivity index (χ0v) is 24.8. The van der Waals surface area contributed by atoms with Crippen LogP contribution in [0, 0.1) is 6.92 Å². The van der Waals surface area contributed by atoms with Crippen LogP contribution in [-0.4, -0.2) is 92.2 Å². The number of aromatic amines is 1. The number of carbonyl (C=O) groups excluding carboxylic acids is 2. The molecule has 0 aliphatic carbocycles. The number of anilines is 1. The van der Waals surface area contributed by atoms with Crippen molar-refractivity contribution in [2.24, 2.45) is 0 Å². The molecular weight excluding hydrogens is 574 g/mol. The first-order chi connectivity index (χ1) is 20.9. The van der Waals surface area contributed by atoms with Crippen LogP contribution in [-0.2, 0) is 14.2 Å². The van der Waals surface area contributed by atoms with Gasteiger partial charge in [0.25, 0.3) is 11.8 Å². The van der Waals surface area contributed by atoms with Crippen LogP contribution < -0.4 is 10.2 Å². The molecule has 0 radical (unpaired) electrons. The van der Waals surface area contributed by atoms with Gasteiger partial charge in [0.2, 0.25) is 0 Å². The average Bonchev–Trinajstić information content (AvgIpc) is 3.61. The molecule has 10 nitrogen and oxygen atoms in total. The first-order valence-corrected chi connectivity index (χ1v) is 14.8. The molecule has 0 fully saturated rings. The van der Waals surface area contributed by atoms with Crippen molar-refractivity contribution in [2.75, 3.05) is 70.1 Å². The van der Waals surface area contributed by atoms with Crippen LogP contribution in [0.5, 0.6) is 5.75 Å². The lowest BCUT2D eigenvalue weighted by molar-refractivity contribution is 0.00824. The van der Waals surface area contributed by atoms with Crippen molar-refractivity contribution in [1.29, 1.82) is 0 Å². The van der Waals surface area contributed by atoms with Gasteiger partial charge in [0.05, 0.1) is 51.9 Å². The molecule has 4 N–H and O–H groups in total. The summed E-state index contributed by atoms with van der Waals surface area (Å²) < 4.78 is 15.9. The van der Waals surface area contributed by atoms with Gasteiger partial charge in [0.1, 0.15) is 11.4 Å².